The molecule has 0 spiro atoms. The normalized spacial score (nSPS) is 18.8. The first-order chi connectivity index (χ1) is 18.3. The van der Waals surface area contributed by atoms with Gasteiger partial charge in [0.15, 0.2) is 6.10 Å². The Hall–Kier alpha value is -3.60. The van der Waals surface area contributed by atoms with E-state index < -0.39 is 22.0 Å². The van der Waals surface area contributed by atoms with Crippen LogP contribution in [0.25, 0.3) is 0 Å². The number of hydrogen-bond acceptors (Lipinski definition) is 6. The van der Waals surface area contributed by atoms with Gasteiger partial charge in [-0.3, -0.25) is 13.9 Å². The maximum absolute atomic E-state index is 13.5. The summed E-state index contributed by atoms with van der Waals surface area (Å²) in [5, 5.41) is 6.00. The van der Waals surface area contributed by atoms with Crippen molar-refractivity contribution in [1.29, 1.82) is 0 Å². The lowest BCUT2D eigenvalue weighted by Gasteiger charge is -2.34. The van der Waals surface area contributed by atoms with Crippen LogP contribution >= 0.6 is 11.6 Å². The monoisotopic (exact) mass is 555 g/mol. The van der Waals surface area contributed by atoms with E-state index in [1.165, 1.54) is 24.3 Å². The third kappa shape index (κ3) is 5.47. The molecule has 2 N–H and O–H groups in total. The Labute approximate surface area is 225 Å². The van der Waals surface area contributed by atoms with E-state index in [-0.39, 0.29) is 40.5 Å². The van der Waals surface area contributed by atoms with Crippen LogP contribution in [0, 0.1) is 0 Å². The number of para-hydroxylation sites is 3. The third-order valence-corrected chi connectivity index (χ3v) is 8.42. The summed E-state index contributed by atoms with van der Waals surface area (Å²) in [6.45, 7) is 0.796. The van der Waals surface area contributed by atoms with Crippen LogP contribution in [0.5, 0.6) is 5.75 Å². The van der Waals surface area contributed by atoms with E-state index in [2.05, 4.69) is 10.6 Å². The standard InChI is InChI=1S/C27H26ClN3O6S/c28-18-11-13-20(14-12-18)38(34,35)31-17-25(37-24-10-4-3-9-23(24)31)27(33)30-22-8-2-1-7-21(22)26(32)29-16-19-6-5-15-36-19/h1-4,7-14,19,25H,5-6,15-17H2,(H,29,32)(H,30,33)/t19-,25-/m0/s1. The summed E-state index contributed by atoms with van der Waals surface area (Å²) in [4.78, 5) is 26.2. The van der Waals surface area contributed by atoms with Crippen LogP contribution in [-0.4, -0.2) is 52.1 Å². The molecule has 0 bridgehead atoms. The van der Waals surface area contributed by atoms with Crippen LogP contribution < -0.4 is 19.7 Å². The highest BCUT2D eigenvalue weighted by atomic mass is 35.5. The maximum Gasteiger partial charge on any atom is 0.267 e. The number of halogens is 1. The number of sulfonamides is 1. The number of fused-ring (bicyclic) bond motifs is 1. The van der Waals surface area contributed by atoms with Crippen LogP contribution in [-0.2, 0) is 19.6 Å². The van der Waals surface area contributed by atoms with Gasteiger partial charge in [-0.1, -0.05) is 35.9 Å². The van der Waals surface area contributed by atoms with Gasteiger partial charge in [-0.05, 0) is 61.4 Å². The summed E-state index contributed by atoms with van der Waals surface area (Å²) in [6, 6.07) is 19.0. The van der Waals surface area contributed by atoms with Gasteiger partial charge in [0.2, 0.25) is 0 Å². The minimum absolute atomic E-state index is 0.0232. The van der Waals surface area contributed by atoms with Gasteiger partial charge in [0.05, 0.1) is 34.5 Å². The van der Waals surface area contributed by atoms with Crippen molar-refractivity contribution in [2.75, 3.05) is 29.3 Å². The second kappa shape index (κ2) is 11.0. The molecule has 11 heteroatoms. The van der Waals surface area contributed by atoms with Crippen molar-refractivity contribution in [3.63, 3.8) is 0 Å². The fraction of sp³-hybridized carbons (Fsp3) is 0.259. The molecule has 3 aromatic carbocycles. The molecule has 2 heterocycles. The SMILES string of the molecule is O=C(NC[C@@H]1CCCO1)c1ccccc1NC(=O)[C@@H]1CN(S(=O)(=O)c2ccc(Cl)cc2)c2ccccc2O1. The summed E-state index contributed by atoms with van der Waals surface area (Å²) < 4.78 is 39.7. The molecule has 2 aliphatic heterocycles. The quantitative estimate of drug-likeness (QED) is 0.458. The van der Waals surface area contributed by atoms with Gasteiger partial charge in [-0.25, -0.2) is 8.42 Å². The average Bonchev–Trinajstić information content (AvgIpc) is 3.45. The Morgan fingerprint density at radius 3 is 2.50 bits per heavy atom. The highest BCUT2D eigenvalue weighted by Gasteiger charge is 2.37. The molecule has 3 aromatic rings. The fourth-order valence-electron chi connectivity index (χ4n) is 4.41. The summed E-state index contributed by atoms with van der Waals surface area (Å²) in [7, 11) is -4.03. The minimum Gasteiger partial charge on any atom is -0.476 e. The van der Waals surface area contributed by atoms with Crippen molar-refractivity contribution in [3.8, 4) is 5.75 Å². The Morgan fingerprint density at radius 2 is 1.74 bits per heavy atom. The molecule has 0 saturated carbocycles. The van der Waals surface area contributed by atoms with Gasteiger partial charge >= 0.3 is 0 Å². The van der Waals surface area contributed by atoms with E-state index in [0.29, 0.717) is 23.9 Å². The van der Waals surface area contributed by atoms with Gasteiger partial charge in [0.1, 0.15) is 5.75 Å². The van der Waals surface area contributed by atoms with Crippen LogP contribution in [0.2, 0.25) is 5.02 Å². The summed E-state index contributed by atoms with van der Waals surface area (Å²) in [5.74, 6) is -0.688. The molecule has 0 radical (unpaired) electrons. The van der Waals surface area contributed by atoms with Crippen molar-refractivity contribution in [2.24, 2.45) is 0 Å². The molecule has 0 aromatic heterocycles. The lowest BCUT2D eigenvalue weighted by atomic mass is 10.1. The number of benzene rings is 3. The van der Waals surface area contributed by atoms with E-state index in [9.17, 15) is 18.0 Å². The molecule has 2 aliphatic rings. The van der Waals surface area contributed by atoms with E-state index in [1.54, 1.807) is 48.5 Å². The Bertz CT molecular complexity index is 1440. The Kier molecular flexibility index (Phi) is 7.55. The molecule has 5 rings (SSSR count). The summed E-state index contributed by atoms with van der Waals surface area (Å²) >= 11 is 5.94. The second-order valence-electron chi connectivity index (χ2n) is 8.94. The summed E-state index contributed by atoms with van der Waals surface area (Å²) in [5.41, 5.74) is 0.887. The number of anilines is 2. The summed E-state index contributed by atoms with van der Waals surface area (Å²) in [6.07, 6.45) is 0.650. The smallest absolute Gasteiger partial charge is 0.267 e. The van der Waals surface area contributed by atoms with Gasteiger partial charge < -0.3 is 20.1 Å². The lowest BCUT2D eigenvalue weighted by Crippen LogP contribution is -2.49. The molecule has 2 amide bonds. The highest BCUT2D eigenvalue weighted by Crippen LogP contribution is 2.37. The predicted octanol–water partition coefficient (Wildman–Crippen LogP) is 3.84. The predicted molar refractivity (Wildman–Crippen MR) is 143 cm³/mol. The largest absolute Gasteiger partial charge is 0.476 e. The number of nitrogens with zero attached hydrogens (tertiary/aromatic N) is 1. The first-order valence-electron chi connectivity index (χ1n) is 12.2. The fourth-order valence-corrected chi connectivity index (χ4v) is 6.01. The molecule has 0 aliphatic carbocycles. The number of amides is 2. The number of carbonyl (C=O) groups is 2. The second-order valence-corrected chi connectivity index (χ2v) is 11.2. The minimum atomic E-state index is -4.03. The lowest BCUT2D eigenvalue weighted by molar-refractivity contribution is -0.122. The molecule has 198 valence electrons. The van der Waals surface area contributed by atoms with Crippen molar-refractivity contribution < 1.29 is 27.5 Å². The first-order valence-corrected chi connectivity index (χ1v) is 14.0. The van der Waals surface area contributed by atoms with Crippen molar-refractivity contribution in [1.82, 2.24) is 5.32 Å². The third-order valence-electron chi connectivity index (χ3n) is 6.37. The van der Waals surface area contributed by atoms with E-state index in [1.807, 2.05) is 0 Å². The number of nitrogens with one attached hydrogen (secondary N) is 2. The molecular formula is C27H26ClN3O6S. The van der Waals surface area contributed by atoms with Gasteiger partial charge in [-0.2, -0.15) is 0 Å². The first kappa shape index (κ1) is 26.0. The van der Waals surface area contributed by atoms with E-state index >= 15 is 0 Å². The number of rotatable bonds is 7. The molecule has 9 nitrogen and oxygen atoms in total. The molecule has 1 fully saturated rings. The van der Waals surface area contributed by atoms with Crippen molar-refractivity contribution in [2.45, 2.75) is 29.9 Å². The van der Waals surface area contributed by atoms with Crippen molar-refractivity contribution in [3.05, 3.63) is 83.4 Å². The highest BCUT2D eigenvalue weighted by molar-refractivity contribution is 7.92. The number of hydrogen-bond donors (Lipinski definition) is 2. The zero-order chi connectivity index (χ0) is 26.7. The zero-order valence-electron chi connectivity index (χ0n) is 20.3. The van der Waals surface area contributed by atoms with E-state index in [4.69, 9.17) is 21.1 Å². The topological polar surface area (TPSA) is 114 Å². The van der Waals surface area contributed by atoms with Crippen LogP contribution in [0.3, 0.4) is 0 Å². The molecule has 1 saturated heterocycles. The Balaban J connectivity index is 1.36. The average molecular weight is 556 g/mol. The van der Waals surface area contributed by atoms with Crippen LogP contribution in [0.4, 0.5) is 11.4 Å². The molecule has 38 heavy (non-hydrogen) atoms. The maximum atomic E-state index is 13.5. The van der Waals surface area contributed by atoms with Crippen LogP contribution in [0.15, 0.2) is 77.7 Å². The van der Waals surface area contributed by atoms with E-state index in [0.717, 1.165) is 17.1 Å². The molecule has 0 unspecified atom stereocenters. The van der Waals surface area contributed by atoms with Gasteiger partial charge in [0, 0.05) is 18.2 Å². The van der Waals surface area contributed by atoms with Crippen molar-refractivity contribution >= 4 is 44.8 Å². The van der Waals surface area contributed by atoms with Gasteiger partial charge in [-0.15, -0.1) is 0 Å². The molecular weight excluding hydrogens is 530 g/mol. The number of ether oxygens (including phenoxy) is 2. The van der Waals surface area contributed by atoms with Gasteiger partial charge in [0.25, 0.3) is 21.8 Å². The Morgan fingerprint density at radius 1 is 1.00 bits per heavy atom. The zero-order valence-corrected chi connectivity index (χ0v) is 21.9. The molecule has 2 atom stereocenters. The number of carbonyl (C=O) groups excluding carboxylic acids is 2. The van der Waals surface area contributed by atoms with Crippen LogP contribution in [0.1, 0.15) is 23.2 Å².